The molecule has 0 radical (unpaired) electrons. The summed E-state index contributed by atoms with van der Waals surface area (Å²) in [7, 11) is 0. The molecule has 0 spiro atoms. The van der Waals surface area contributed by atoms with Crippen LogP contribution in [0.2, 0.25) is 0 Å². The molecule has 21 nitrogen and oxygen atoms in total. The molecule has 8 N–H and O–H groups in total. The van der Waals surface area contributed by atoms with E-state index in [0.29, 0.717) is 38.3 Å². The molecule has 0 heterocycles. The molecular formula is C58H113N7O14. The second kappa shape index (κ2) is 50.3. The van der Waals surface area contributed by atoms with E-state index in [-0.39, 0.29) is 92.4 Å². The Labute approximate surface area is 477 Å². The van der Waals surface area contributed by atoms with Crippen LogP contribution in [0.4, 0.5) is 33.6 Å². The van der Waals surface area contributed by atoms with Gasteiger partial charge in [0.2, 0.25) is 0 Å². The molecule has 2 saturated carbocycles. The number of benzene rings is 1. The molecule has 7 amide bonds. The quantitative estimate of drug-likeness (QED) is 0.0759. The van der Waals surface area contributed by atoms with Crippen LogP contribution >= 0.6 is 0 Å². The molecule has 2 aliphatic rings. The largest absolute Gasteiger partial charge is 0.465 e. The average Bonchev–Trinajstić information content (AvgIpc) is 3.80. The molecule has 0 aliphatic heterocycles. The van der Waals surface area contributed by atoms with Crippen molar-refractivity contribution in [1.82, 2.24) is 37.2 Å². The number of hydrogen-bond donors (Lipinski definition) is 8. The van der Waals surface area contributed by atoms with Crippen LogP contribution in [0.5, 0.6) is 0 Å². The molecule has 3 rings (SSSR count). The maximum atomic E-state index is 11.2. The highest BCUT2D eigenvalue weighted by Gasteiger charge is 2.18. The highest BCUT2D eigenvalue weighted by molar-refractivity contribution is 5.69. The molecule has 0 unspecified atom stereocenters. The van der Waals surface area contributed by atoms with Gasteiger partial charge in [-0.05, 0) is 182 Å². The third kappa shape index (κ3) is 68.2. The number of carbonyl (C=O) groups is 7. The van der Waals surface area contributed by atoms with Gasteiger partial charge < -0.3 is 70.7 Å². The van der Waals surface area contributed by atoms with Crippen LogP contribution in [0.15, 0.2) is 30.3 Å². The summed E-state index contributed by atoms with van der Waals surface area (Å²) >= 11 is 0. The Morgan fingerprint density at radius 1 is 0.468 bits per heavy atom. The smallest absolute Gasteiger partial charge is 0.407 e. The maximum Gasteiger partial charge on any atom is 0.407 e. The van der Waals surface area contributed by atoms with Crippen LogP contribution in [0.3, 0.4) is 0 Å². The predicted molar refractivity (Wildman–Crippen MR) is 315 cm³/mol. The van der Waals surface area contributed by atoms with Gasteiger partial charge in [-0.25, -0.2) is 33.6 Å². The molecule has 464 valence electrons. The van der Waals surface area contributed by atoms with Crippen molar-refractivity contribution in [3.8, 4) is 0 Å². The molecule has 0 saturated heterocycles. The van der Waals surface area contributed by atoms with Gasteiger partial charge >= 0.3 is 42.7 Å². The topological polar surface area (TPSA) is 279 Å². The van der Waals surface area contributed by atoms with Gasteiger partial charge in [0.15, 0.2) is 0 Å². The summed E-state index contributed by atoms with van der Waals surface area (Å²) in [4.78, 5) is 75.2. The highest BCUT2D eigenvalue weighted by Crippen LogP contribution is 2.25. The minimum absolute atomic E-state index is 0. The lowest BCUT2D eigenvalue weighted by Crippen LogP contribution is -2.36. The first-order valence-corrected chi connectivity index (χ1v) is 27.9. The summed E-state index contributed by atoms with van der Waals surface area (Å²) in [6.07, 6.45) is 8.41. The minimum atomic E-state index is -0.963. The van der Waals surface area contributed by atoms with Crippen molar-refractivity contribution in [3.05, 3.63) is 35.9 Å². The van der Waals surface area contributed by atoms with Gasteiger partial charge in [-0.1, -0.05) is 69.9 Å². The molecule has 0 aromatic heterocycles. The van der Waals surface area contributed by atoms with Crippen molar-refractivity contribution in [2.75, 3.05) is 19.8 Å². The van der Waals surface area contributed by atoms with Crippen LogP contribution in [0.1, 0.15) is 209 Å². The molecule has 79 heavy (non-hydrogen) atoms. The van der Waals surface area contributed by atoms with Gasteiger partial charge in [0.25, 0.3) is 0 Å². The Morgan fingerprint density at radius 2 is 0.785 bits per heavy atom. The van der Waals surface area contributed by atoms with E-state index >= 15 is 0 Å². The first-order valence-electron chi connectivity index (χ1n) is 27.9. The van der Waals surface area contributed by atoms with E-state index in [1.165, 1.54) is 57.8 Å². The zero-order valence-electron chi connectivity index (χ0n) is 51.6. The molecule has 1 aromatic carbocycles. The van der Waals surface area contributed by atoms with Crippen LogP contribution in [-0.2, 0) is 35.0 Å². The molecule has 2 aliphatic carbocycles. The number of hydrogen-bond acceptors (Lipinski definition) is 13. The molecule has 0 bridgehead atoms. The summed E-state index contributed by atoms with van der Waals surface area (Å²) in [5, 5.41) is 26.1. The van der Waals surface area contributed by atoms with Crippen molar-refractivity contribution in [2.45, 2.75) is 264 Å². The first kappa shape index (κ1) is 81.9. The number of amides is 7. The van der Waals surface area contributed by atoms with Crippen LogP contribution in [0, 0.1) is 11.8 Å². The number of rotatable bonds is 15. The van der Waals surface area contributed by atoms with E-state index in [1.54, 1.807) is 20.8 Å². The van der Waals surface area contributed by atoms with Gasteiger partial charge in [0, 0.05) is 42.3 Å². The highest BCUT2D eigenvalue weighted by atomic mass is 16.6. The van der Waals surface area contributed by atoms with E-state index in [0.717, 1.165) is 5.56 Å². The zero-order valence-corrected chi connectivity index (χ0v) is 51.6. The lowest BCUT2D eigenvalue weighted by atomic mass is 9.90. The summed E-state index contributed by atoms with van der Waals surface area (Å²) in [5.41, 5.74) is 0.588. The fraction of sp³-hybridized carbons (Fsp3) is 0.776. The van der Waals surface area contributed by atoms with E-state index in [9.17, 15) is 33.6 Å². The SMILES string of the molecule is C.CC(C)NC(=O)O.CC(C)NC(=O)OC(C)(C)C.CC(C)NC(=O)OC(C)C.CC(C)NC(=O)OCC1CCCC1.CC(C)NC(=O)OCC1CCCCC1.CC(C)NC(=O)OCc1ccccc1.CCOC(=O)NC(C)C. The molecule has 2 fully saturated rings. The first-order chi connectivity index (χ1) is 36.2. The Hall–Kier alpha value is -5.89. The number of carboxylic acid groups (broad SMARTS) is 1. The van der Waals surface area contributed by atoms with E-state index in [1.807, 2.05) is 148 Å². The van der Waals surface area contributed by atoms with E-state index < -0.39 is 11.7 Å². The Balaban J connectivity index is -0.000000272. The minimum Gasteiger partial charge on any atom is -0.465 e. The second-order valence-electron chi connectivity index (χ2n) is 22.0. The third-order valence-electron chi connectivity index (χ3n) is 9.18. The van der Waals surface area contributed by atoms with Gasteiger partial charge in [0.1, 0.15) is 12.2 Å². The Morgan fingerprint density at radius 3 is 1.09 bits per heavy atom. The van der Waals surface area contributed by atoms with E-state index in [4.69, 9.17) is 28.8 Å². The van der Waals surface area contributed by atoms with Crippen LogP contribution in [0.25, 0.3) is 0 Å². The Bertz CT molecular complexity index is 1680. The standard InChI is InChI=1S/C11H21NO2.C11H15NO2.C10H19NO2.C8H17NO2.C7H15NO2.C6H13NO2.C4H9NO2.CH4/c2*1-9(2)12-11(13)14-8-10-6-4-3-5-7-10;1-8(2)11-10(12)13-7-9-5-3-4-6-9;1-6(2)9-7(10)11-8(3,4)5;1-5(2)8-7(9)10-6(3)4;1-4-9-6(8)7-5(2)3;1-3(2)5-4(6)7;/h9-10H,3-8H2,1-2H3,(H,12,13);3-7,9H,8H2,1-2H3,(H,12,13);8-9H,3-7H2,1-2H3,(H,11,12);6H,1-5H3,(H,9,10);5-6H,1-4H3,(H,8,9);5H,4H2,1-3H3,(H,7,8);3,5H,1-2H3,(H,6,7);1H4. The number of carbonyl (C=O) groups excluding carboxylic acids is 6. The lowest BCUT2D eigenvalue weighted by Gasteiger charge is -2.21. The maximum absolute atomic E-state index is 11.2. The van der Waals surface area contributed by atoms with Gasteiger partial charge in [-0.15, -0.1) is 0 Å². The molecular weight excluding hydrogens is 1020 g/mol. The average molecular weight is 1130 g/mol. The number of alkyl carbamates (subject to hydrolysis) is 6. The summed E-state index contributed by atoms with van der Waals surface area (Å²) in [6, 6.07) is 10.5. The lowest BCUT2D eigenvalue weighted by molar-refractivity contribution is 0.0511. The summed E-state index contributed by atoms with van der Waals surface area (Å²) in [5.74, 6) is 1.21. The monoisotopic (exact) mass is 1130 g/mol. The van der Waals surface area contributed by atoms with Gasteiger partial charge in [-0.3, -0.25) is 0 Å². The second-order valence-corrected chi connectivity index (χ2v) is 22.0. The normalized spacial score (nSPS) is 12.7. The summed E-state index contributed by atoms with van der Waals surface area (Å²) in [6.45, 7) is 39.3. The van der Waals surface area contributed by atoms with Crippen molar-refractivity contribution in [3.63, 3.8) is 0 Å². The van der Waals surface area contributed by atoms with Gasteiger partial charge in [0.05, 0.1) is 25.9 Å². The number of ether oxygens (including phenoxy) is 6. The van der Waals surface area contributed by atoms with Crippen molar-refractivity contribution >= 4 is 42.7 Å². The fourth-order valence-corrected chi connectivity index (χ4v) is 6.16. The van der Waals surface area contributed by atoms with E-state index in [2.05, 4.69) is 42.0 Å². The Kier molecular flexibility index (Phi) is 52.2. The zero-order chi connectivity index (χ0) is 60.8. The van der Waals surface area contributed by atoms with Crippen molar-refractivity contribution < 1.29 is 67.1 Å². The van der Waals surface area contributed by atoms with Gasteiger partial charge in [-0.2, -0.15) is 0 Å². The summed E-state index contributed by atoms with van der Waals surface area (Å²) < 4.78 is 29.6. The molecule has 21 heteroatoms. The number of nitrogens with one attached hydrogen (secondary N) is 7. The van der Waals surface area contributed by atoms with Crippen LogP contribution < -0.4 is 37.2 Å². The van der Waals surface area contributed by atoms with Crippen molar-refractivity contribution in [1.29, 1.82) is 0 Å². The van der Waals surface area contributed by atoms with Crippen molar-refractivity contribution in [2.24, 2.45) is 11.8 Å². The predicted octanol–water partition coefficient (Wildman–Crippen LogP) is 13.2. The molecule has 0 atom stereocenters. The fourth-order valence-electron chi connectivity index (χ4n) is 6.16. The van der Waals surface area contributed by atoms with Crippen LogP contribution in [-0.4, -0.2) is 122 Å². The third-order valence-corrected chi connectivity index (χ3v) is 9.18. The molecule has 1 aromatic rings.